The topological polar surface area (TPSA) is 63.7 Å². The SMILES string of the molecule is COCc1cnc(NC(=O)[C@@H]2CN(C(C)C)CCO2)s1. The molecule has 1 aromatic heterocycles. The standard InChI is InChI=1S/C13H21N3O3S/c1-9(2)16-4-5-19-11(7-16)12(17)15-13-14-6-10(20-13)8-18-3/h6,9,11H,4-5,7-8H2,1-3H3,(H,14,15,17)/t11-/m0/s1. The fraction of sp³-hybridized carbons (Fsp3) is 0.692. The van der Waals surface area contributed by atoms with Gasteiger partial charge in [0.05, 0.1) is 18.1 Å². The number of ether oxygens (including phenoxy) is 2. The maximum Gasteiger partial charge on any atom is 0.256 e. The fourth-order valence-corrected chi connectivity index (χ4v) is 2.84. The molecule has 2 heterocycles. The van der Waals surface area contributed by atoms with Crippen LogP contribution in [0.4, 0.5) is 5.13 Å². The summed E-state index contributed by atoms with van der Waals surface area (Å²) in [4.78, 5) is 19.6. The number of morpholine rings is 1. The molecule has 112 valence electrons. The Morgan fingerprint density at radius 2 is 2.50 bits per heavy atom. The highest BCUT2D eigenvalue weighted by Gasteiger charge is 2.28. The third-order valence-electron chi connectivity index (χ3n) is 3.19. The van der Waals surface area contributed by atoms with Crippen LogP contribution in [0.2, 0.25) is 0 Å². The third-order valence-corrected chi connectivity index (χ3v) is 4.08. The summed E-state index contributed by atoms with van der Waals surface area (Å²) in [5.41, 5.74) is 0. The fourth-order valence-electron chi connectivity index (χ4n) is 2.06. The molecule has 0 radical (unpaired) electrons. The molecule has 0 aromatic carbocycles. The van der Waals surface area contributed by atoms with Gasteiger partial charge in [0.25, 0.3) is 5.91 Å². The minimum absolute atomic E-state index is 0.131. The molecule has 7 heteroatoms. The zero-order chi connectivity index (χ0) is 14.5. The highest BCUT2D eigenvalue weighted by Crippen LogP contribution is 2.19. The Kier molecular flexibility index (Phi) is 5.47. The van der Waals surface area contributed by atoms with Gasteiger partial charge < -0.3 is 9.47 Å². The van der Waals surface area contributed by atoms with Crippen molar-refractivity contribution >= 4 is 22.4 Å². The Morgan fingerprint density at radius 1 is 1.70 bits per heavy atom. The monoisotopic (exact) mass is 299 g/mol. The number of aromatic nitrogens is 1. The lowest BCUT2D eigenvalue weighted by Crippen LogP contribution is -2.50. The highest BCUT2D eigenvalue weighted by molar-refractivity contribution is 7.15. The summed E-state index contributed by atoms with van der Waals surface area (Å²) < 4.78 is 10.6. The van der Waals surface area contributed by atoms with Crippen molar-refractivity contribution in [1.29, 1.82) is 0 Å². The van der Waals surface area contributed by atoms with Crippen LogP contribution < -0.4 is 5.32 Å². The zero-order valence-electron chi connectivity index (χ0n) is 12.1. The number of anilines is 1. The normalized spacial score (nSPS) is 20.3. The maximum atomic E-state index is 12.2. The van der Waals surface area contributed by atoms with E-state index in [1.54, 1.807) is 13.3 Å². The summed E-state index contributed by atoms with van der Waals surface area (Å²) in [7, 11) is 1.63. The molecule has 0 unspecified atom stereocenters. The Balaban J connectivity index is 1.90. The summed E-state index contributed by atoms with van der Waals surface area (Å²) in [5, 5.41) is 3.40. The Labute approximate surface area is 123 Å². The molecule has 1 N–H and O–H groups in total. The first-order chi connectivity index (χ1) is 9.60. The molecule has 6 nitrogen and oxygen atoms in total. The molecule has 1 aliphatic rings. The van der Waals surface area contributed by atoms with Gasteiger partial charge in [-0.3, -0.25) is 15.0 Å². The molecule has 1 amide bonds. The molecule has 1 saturated heterocycles. The van der Waals surface area contributed by atoms with Crippen LogP contribution in [0.1, 0.15) is 18.7 Å². The minimum Gasteiger partial charge on any atom is -0.379 e. The van der Waals surface area contributed by atoms with Crippen LogP contribution in [0.15, 0.2) is 6.20 Å². The number of hydrogen-bond acceptors (Lipinski definition) is 6. The maximum absolute atomic E-state index is 12.2. The van der Waals surface area contributed by atoms with E-state index in [1.165, 1.54) is 11.3 Å². The quantitative estimate of drug-likeness (QED) is 0.889. The first-order valence-electron chi connectivity index (χ1n) is 6.70. The average Bonchev–Trinajstić information content (AvgIpc) is 2.86. The average molecular weight is 299 g/mol. The number of carbonyl (C=O) groups excluding carboxylic acids is 1. The third kappa shape index (κ3) is 3.99. The summed E-state index contributed by atoms with van der Waals surface area (Å²) in [6.07, 6.45) is 1.28. The van der Waals surface area contributed by atoms with E-state index in [9.17, 15) is 4.79 Å². The van der Waals surface area contributed by atoms with Crippen molar-refractivity contribution in [2.75, 3.05) is 32.1 Å². The Bertz CT molecular complexity index is 450. The molecule has 0 saturated carbocycles. The lowest BCUT2D eigenvalue weighted by molar-refractivity contribution is -0.133. The van der Waals surface area contributed by atoms with Gasteiger partial charge in [0.15, 0.2) is 5.13 Å². The van der Waals surface area contributed by atoms with Crippen molar-refractivity contribution in [3.8, 4) is 0 Å². The van der Waals surface area contributed by atoms with E-state index in [-0.39, 0.29) is 5.91 Å². The minimum atomic E-state index is -0.430. The number of carbonyl (C=O) groups is 1. The molecule has 0 spiro atoms. The van der Waals surface area contributed by atoms with E-state index >= 15 is 0 Å². The second-order valence-electron chi connectivity index (χ2n) is 5.00. The van der Waals surface area contributed by atoms with Crippen LogP contribution in [0.3, 0.4) is 0 Å². The lowest BCUT2D eigenvalue weighted by Gasteiger charge is -2.34. The van der Waals surface area contributed by atoms with Crippen molar-refractivity contribution in [2.24, 2.45) is 0 Å². The van der Waals surface area contributed by atoms with Crippen molar-refractivity contribution in [2.45, 2.75) is 32.6 Å². The van der Waals surface area contributed by atoms with Crippen LogP contribution in [-0.2, 0) is 20.9 Å². The summed E-state index contributed by atoms with van der Waals surface area (Å²) >= 11 is 1.42. The van der Waals surface area contributed by atoms with E-state index in [0.717, 1.165) is 11.4 Å². The van der Waals surface area contributed by atoms with E-state index < -0.39 is 6.10 Å². The molecule has 0 bridgehead atoms. The molecular formula is C13H21N3O3S. The molecule has 0 aliphatic carbocycles. The van der Waals surface area contributed by atoms with Gasteiger partial charge in [-0.1, -0.05) is 11.3 Å². The molecule has 1 aliphatic heterocycles. The van der Waals surface area contributed by atoms with Gasteiger partial charge in [0, 0.05) is 32.4 Å². The number of methoxy groups -OCH3 is 1. The van der Waals surface area contributed by atoms with E-state index in [4.69, 9.17) is 9.47 Å². The van der Waals surface area contributed by atoms with Gasteiger partial charge in [-0.15, -0.1) is 0 Å². The second-order valence-corrected chi connectivity index (χ2v) is 6.12. The van der Waals surface area contributed by atoms with Gasteiger partial charge >= 0.3 is 0 Å². The molecular weight excluding hydrogens is 278 g/mol. The van der Waals surface area contributed by atoms with Gasteiger partial charge in [0.1, 0.15) is 6.10 Å². The van der Waals surface area contributed by atoms with Crippen molar-refractivity contribution in [3.05, 3.63) is 11.1 Å². The molecule has 1 aromatic rings. The second kappa shape index (κ2) is 7.12. The van der Waals surface area contributed by atoms with Crippen molar-refractivity contribution in [1.82, 2.24) is 9.88 Å². The van der Waals surface area contributed by atoms with E-state index in [1.807, 2.05) is 0 Å². The first-order valence-corrected chi connectivity index (χ1v) is 7.52. The van der Waals surface area contributed by atoms with E-state index in [0.29, 0.717) is 30.9 Å². The van der Waals surface area contributed by atoms with Crippen molar-refractivity contribution in [3.63, 3.8) is 0 Å². The van der Waals surface area contributed by atoms with Gasteiger partial charge in [-0.25, -0.2) is 4.98 Å². The predicted molar refractivity (Wildman–Crippen MR) is 77.9 cm³/mol. The Morgan fingerprint density at radius 3 is 3.20 bits per heavy atom. The number of nitrogens with zero attached hydrogens (tertiary/aromatic N) is 2. The van der Waals surface area contributed by atoms with Crippen LogP contribution >= 0.6 is 11.3 Å². The smallest absolute Gasteiger partial charge is 0.256 e. The van der Waals surface area contributed by atoms with Crippen LogP contribution in [0, 0.1) is 0 Å². The zero-order valence-corrected chi connectivity index (χ0v) is 12.9. The number of nitrogens with one attached hydrogen (secondary N) is 1. The summed E-state index contributed by atoms with van der Waals surface area (Å²) in [6, 6.07) is 0.419. The first kappa shape index (κ1) is 15.4. The van der Waals surface area contributed by atoms with Gasteiger partial charge in [0.2, 0.25) is 0 Å². The largest absolute Gasteiger partial charge is 0.379 e. The lowest BCUT2D eigenvalue weighted by atomic mass is 10.2. The number of rotatable bonds is 5. The van der Waals surface area contributed by atoms with Crippen molar-refractivity contribution < 1.29 is 14.3 Å². The molecule has 1 atom stereocenters. The number of hydrogen-bond donors (Lipinski definition) is 1. The van der Waals surface area contributed by atoms with E-state index in [2.05, 4.69) is 29.0 Å². The highest BCUT2D eigenvalue weighted by atomic mass is 32.1. The summed E-state index contributed by atoms with van der Waals surface area (Å²) in [5.74, 6) is -0.131. The van der Waals surface area contributed by atoms with Gasteiger partial charge in [-0.05, 0) is 13.8 Å². The number of amides is 1. The van der Waals surface area contributed by atoms with Crippen LogP contribution in [-0.4, -0.2) is 54.7 Å². The summed E-state index contributed by atoms with van der Waals surface area (Å²) in [6.45, 7) is 6.84. The van der Waals surface area contributed by atoms with Crippen LogP contribution in [0.25, 0.3) is 0 Å². The molecule has 1 fully saturated rings. The molecule has 2 rings (SSSR count). The van der Waals surface area contributed by atoms with Gasteiger partial charge in [-0.2, -0.15) is 0 Å². The predicted octanol–water partition coefficient (Wildman–Crippen LogP) is 1.34. The Hall–Kier alpha value is -1.02. The van der Waals surface area contributed by atoms with Crippen LogP contribution in [0.5, 0.6) is 0 Å². The number of thiazole rings is 1. The molecule has 20 heavy (non-hydrogen) atoms.